The maximum absolute atomic E-state index is 12.8. The van der Waals surface area contributed by atoms with Gasteiger partial charge in [0.05, 0.1) is 6.54 Å². The number of carbonyl (C=O) groups excluding carboxylic acids is 3. The van der Waals surface area contributed by atoms with Crippen LogP contribution < -0.4 is 4.90 Å². The number of amides is 4. The summed E-state index contributed by atoms with van der Waals surface area (Å²) in [7, 11) is 3.89. The van der Waals surface area contributed by atoms with Gasteiger partial charge in [-0.1, -0.05) is 0 Å². The number of anilines is 1. The summed E-state index contributed by atoms with van der Waals surface area (Å²) in [5, 5.41) is 0. The van der Waals surface area contributed by atoms with Crippen LogP contribution in [0.1, 0.15) is 24.2 Å². The first-order valence-corrected chi connectivity index (χ1v) is 8.51. The molecule has 2 heterocycles. The maximum atomic E-state index is 12.8. The highest BCUT2D eigenvalue weighted by Gasteiger charge is 2.49. The van der Waals surface area contributed by atoms with E-state index in [1.54, 1.807) is 21.9 Å². The molecular formula is C18H24N4O3. The third kappa shape index (κ3) is 2.94. The van der Waals surface area contributed by atoms with E-state index >= 15 is 0 Å². The molecule has 3 rings (SSSR count). The van der Waals surface area contributed by atoms with Crippen LogP contribution in [0, 0.1) is 0 Å². The molecule has 0 saturated carbocycles. The van der Waals surface area contributed by atoms with Gasteiger partial charge in [-0.15, -0.1) is 0 Å². The summed E-state index contributed by atoms with van der Waals surface area (Å²) in [5.74, 6) is -0.311. The lowest BCUT2D eigenvalue weighted by Crippen LogP contribution is -2.54. The van der Waals surface area contributed by atoms with E-state index in [1.807, 2.05) is 45.0 Å². The van der Waals surface area contributed by atoms with Crippen molar-refractivity contribution in [2.45, 2.75) is 25.9 Å². The standard InChI is InChI=1S/C18H24N4O3/c1-12(2)22-17(24)15-11-20(9-10-21(15)18(22)25)16(23)13-5-7-14(8-6-13)19(3)4/h5-8,12,15H,9-11H2,1-4H3. The molecule has 4 amide bonds. The van der Waals surface area contributed by atoms with E-state index in [0.717, 1.165) is 5.69 Å². The Morgan fingerprint density at radius 2 is 1.76 bits per heavy atom. The van der Waals surface area contributed by atoms with Crippen LogP contribution in [0.15, 0.2) is 24.3 Å². The minimum absolute atomic E-state index is 0.104. The van der Waals surface area contributed by atoms with Crippen LogP contribution in [0.4, 0.5) is 10.5 Å². The fourth-order valence-corrected chi connectivity index (χ4v) is 3.36. The monoisotopic (exact) mass is 344 g/mol. The van der Waals surface area contributed by atoms with E-state index < -0.39 is 6.04 Å². The minimum atomic E-state index is -0.561. The molecule has 0 bridgehead atoms. The third-order valence-corrected chi connectivity index (χ3v) is 4.79. The average Bonchev–Trinajstić information content (AvgIpc) is 2.85. The van der Waals surface area contributed by atoms with Gasteiger partial charge in [-0.3, -0.25) is 14.5 Å². The molecule has 2 aliphatic heterocycles. The molecule has 0 aliphatic carbocycles. The highest BCUT2D eigenvalue weighted by Crippen LogP contribution is 2.25. The topological polar surface area (TPSA) is 64.2 Å². The average molecular weight is 344 g/mol. The molecule has 2 fully saturated rings. The van der Waals surface area contributed by atoms with Crippen molar-refractivity contribution in [1.29, 1.82) is 0 Å². The molecule has 25 heavy (non-hydrogen) atoms. The van der Waals surface area contributed by atoms with Crippen LogP contribution in [0.25, 0.3) is 0 Å². The number of fused-ring (bicyclic) bond motifs is 1. The van der Waals surface area contributed by atoms with Crippen LogP contribution in [-0.4, -0.2) is 78.4 Å². The number of urea groups is 1. The summed E-state index contributed by atoms with van der Waals surface area (Å²) in [6, 6.07) is 6.41. The van der Waals surface area contributed by atoms with Crippen LogP contribution in [0.5, 0.6) is 0 Å². The Bertz CT molecular complexity index is 699. The third-order valence-electron chi connectivity index (χ3n) is 4.79. The summed E-state index contributed by atoms with van der Waals surface area (Å²) in [4.78, 5) is 44.2. The highest BCUT2D eigenvalue weighted by atomic mass is 16.2. The van der Waals surface area contributed by atoms with Gasteiger partial charge in [0.15, 0.2) is 0 Å². The fraction of sp³-hybridized carbons (Fsp3) is 0.500. The molecule has 1 aromatic carbocycles. The lowest BCUT2D eigenvalue weighted by molar-refractivity contribution is -0.130. The molecule has 1 atom stereocenters. The summed E-state index contributed by atoms with van der Waals surface area (Å²) < 4.78 is 0. The van der Waals surface area contributed by atoms with Crippen molar-refractivity contribution in [1.82, 2.24) is 14.7 Å². The lowest BCUT2D eigenvalue weighted by atomic mass is 10.1. The van der Waals surface area contributed by atoms with E-state index in [4.69, 9.17) is 0 Å². The quantitative estimate of drug-likeness (QED) is 0.774. The van der Waals surface area contributed by atoms with Crippen molar-refractivity contribution in [3.05, 3.63) is 29.8 Å². The van der Waals surface area contributed by atoms with E-state index in [0.29, 0.717) is 18.7 Å². The zero-order valence-electron chi connectivity index (χ0n) is 15.1. The van der Waals surface area contributed by atoms with Crippen molar-refractivity contribution in [2.75, 3.05) is 38.6 Å². The first-order valence-electron chi connectivity index (χ1n) is 8.51. The maximum Gasteiger partial charge on any atom is 0.327 e. The molecule has 2 aliphatic rings. The Morgan fingerprint density at radius 1 is 1.12 bits per heavy atom. The van der Waals surface area contributed by atoms with Crippen LogP contribution >= 0.6 is 0 Å². The van der Waals surface area contributed by atoms with Gasteiger partial charge in [-0.05, 0) is 38.1 Å². The van der Waals surface area contributed by atoms with Gasteiger partial charge in [0.2, 0.25) is 0 Å². The molecule has 1 aromatic rings. The zero-order valence-corrected chi connectivity index (χ0v) is 15.1. The largest absolute Gasteiger partial charge is 0.378 e. The van der Waals surface area contributed by atoms with Crippen molar-refractivity contribution in [3.8, 4) is 0 Å². The van der Waals surface area contributed by atoms with Gasteiger partial charge >= 0.3 is 6.03 Å². The van der Waals surface area contributed by atoms with Gasteiger partial charge < -0.3 is 14.7 Å². The van der Waals surface area contributed by atoms with E-state index in [2.05, 4.69) is 0 Å². The number of hydrogen-bond donors (Lipinski definition) is 0. The molecule has 1 unspecified atom stereocenters. The van der Waals surface area contributed by atoms with Gasteiger partial charge in [0, 0.05) is 44.5 Å². The number of piperazine rings is 1. The van der Waals surface area contributed by atoms with E-state index in [1.165, 1.54) is 4.90 Å². The normalized spacial score (nSPS) is 20.4. The van der Waals surface area contributed by atoms with Gasteiger partial charge in [0.25, 0.3) is 11.8 Å². The van der Waals surface area contributed by atoms with Crippen LogP contribution in [-0.2, 0) is 4.79 Å². The first kappa shape index (κ1) is 17.3. The molecular weight excluding hydrogens is 320 g/mol. The minimum Gasteiger partial charge on any atom is -0.378 e. The summed E-state index contributed by atoms with van der Waals surface area (Å²) in [5.41, 5.74) is 1.61. The predicted molar refractivity (Wildman–Crippen MR) is 94.5 cm³/mol. The Kier molecular flexibility index (Phi) is 4.41. The zero-order chi connectivity index (χ0) is 18.3. The SMILES string of the molecule is CC(C)N1C(=O)C2CN(C(=O)c3ccc(N(C)C)cc3)CCN2C1=O. The molecule has 2 saturated heterocycles. The van der Waals surface area contributed by atoms with Crippen molar-refractivity contribution in [2.24, 2.45) is 0 Å². The molecule has 7 nitrogen and oxygen atoms in total. The number of nitrogens with zero attached hydrogens (tertiary/aromatic N) is 4. The Hall–Kier alpha value is -2.57. The van der Waals surface area contributed by atoms with Gasteiger partial charge in [0.1, 0.15) is 6.04 Å². The Morgan fingerprint density at radius 3 is 2.32 bits per heavy atom. The number of hydrogen-bond acceptors (Lipinski definition) is 4. The fourth-order valence-electron chi connectivity index (χ4n) is 3.36. The van der Waals surface area contributed by atoms with Crippen molar-refractivity contribution >= 4 is 23.5 Å². The molecule has 0 radical (unpaired) electrons. The van der Waals surface area contributed by atoms with E-state index in [9.17, 15) is 14.4 Å². The van der Waals surface area contributed by atoms with Crippen molar-refractivity contribution in [3.63, 3.8) is 0 Å². The molecule has 0 aromatic heterocycles. The molecule has 0 N–H and O–H groups in total. The van der Waals surface area contributed by atoms with Gasteiger partial charge in [-0.25, -0.2) is 4.79 Å². The van der Waals surface area contributed by atoms with Gasteiger partial charge in [-0.2, -0.15) is 0 Å². The highest BCUT2D eigenvalue weighted by molar-refractivity contribution is 6.05. The van der Waals surface area contributed by atoms with Crippen LogP contribution in [0.3, 0.4) is 0 Å². The second-order valence-corrected chi connectivity index (χ2v) is 6.99. The van der Waals surface area contributed by atoms with Crippen molar-refractivity contribution < 1.29 is 14.4 Å². The summed E-state index contributed by atoms with van der Waals surface area (Å²) >= 11 is 0. The predicted octanol–water partition coefficient (Wildman–Crippen LogP) is 1.25. The number of carbonyl (C=O) groups is 3. The number of rotatable bonds is 3. The van der Waals surface area contributed by atoms with Crippen LogP contribution in [0.2, 0.25) is 0 Å². The number of benzene rings is 1. The summed E-state index contributed by atoms with van der Waals surface area (Å²) in [6.45, 7) is 4.73. The number of imide groups is 1. The Balaban J connectivity index is 1.75. The van der Waals surface area contributed by atoms with E-state index in [-0.39, 0.29) is 30.4 Å². The summed E-state index contributed by atoms with van der Waals surface area (Å²) in [6.07, 6.45) is 0. The smallest absolute Gasteiger partial charge is 0.327 e. The molecule has 134 valence electrons. The Labute approximate surface area is 147 Å². The second-order valence-electron chi connectivity index (χ2n) is 6.99. The molecule has 0 spiro atoms. The molecule has 7 heteroatoms. The first-order chi connectivity index (χ1) is 11.8. The second kappa shape index (κ2) is 6.38. The lowest BCUT2D eigenvalue weighted by Gasteiger charge is -2.35.